The molecule has 0 fully saturated rings. The number of hydrogen-bond donors (Lipinski definition) is 1. The molecule has 3 nitrogen and oxygen atoms in total. The van der Waals surface area contributed by atoms with Gasteiger partial charge in [0.2, 0.25) is 0 Å². The molecule has 2 aromatic rings. The maximum absolute atomic E-state index is 8.93. The van der Waals surface area contributed by atoms with Gasteiger partial charge in [-0.15, -0.1) is 0 Å². The molecular formula is C15H14ClN3. The lowest BCUT2D eigenvalue weighted by molar-refractivity contribution is 0.924. The Morgan fingerprint density at radius 3 is 2.74 bits per heavy atom. The van der Waals surface area contributed by atoms with Crippen molar-refractivity contribution in [3.8, 4) is 6.07 Å². The molecule has 0 spiro atoms. The van der Waals surface area contributed by atoms with Crippen molar-refractivity contribution in [1.82, 2.24) is 0 Å². The fourth-order valence-corrected chi connectivity index (χ4v) is 2.15. The first-order valence-electron chi connectivity index (χ1n) is 5.85. The van der Waals surface area contributed by atoms with Crippen molar-refractivity contribution < 1.29 is 0 Å². The lowest BCUT2D eigenvalue weighted by atomic mass is 10.1. The molecule has 0 aliphatic carbocycles. The molecule has 0 aliphatic heterocycles. The van der Waals surface area contributed by atoms with E-state index in [0.29, 0.717) is 22.8 Å². The van der Waals surface area contributed by atoms with E-state index < -0.39 is 0 Å². The van der Waals surface area contributed by atoms with Gasteiger partial charge in [0.1, 0.15) is 0 Å². The third kappa shape index (κ3) is 3.18. The number of anilines is 2. The highest BCUT2D eigenvalue weighted by atomic mass is 35.5. The monoisotopic (exact) mass is 271 g/mol. The van der Waals surface area contributed by atoms with Crippen molar-refractivity contribution in [2.45, 2.75) is 6.54 Å². The summed E-state index contributed by atoms with van der Waals surface area (Å²) < 4.78 is 0. The fraction of sp³-hybridized carbons (Fsp3) is 0.133. The van der Waals surface area contributed by atoms with Gasteiger partial charge < -0.3 is 10.6 Å². The molecule has 19 heavy (non-hydrogen) atoms. The first-order chi connectivity index (χ1) is 9.10. The van der Waals surface area contributed by atoms with Crippen LogP contribution in [0.4, 0.5) is 11.4 Å². The second-order valence-electron chi connectivity index (χ2n) is 4.37. The molecule has 0 saturated heterocycles. The molecule has 0 unspecified atom stereocenters. The third-order valence-electron chi connectivity index (χ3n) is 2.88. The van der Waals surface area contributed by atoms with E-state index in [1.807, 2.05) is 36.2 Å². The zero-order valence-electron chi connectivity index (χ0n) is 10.6. The largest absolute Gasteiger partial charge is 0.397 e. The van der Waals surface area contributed by atoms with Gasteiger partial charge in [-0.05, 0) is 35.9 Å². The van der Waals surface area contributed by atoms with E-state index in [1.165, 1.54) is 0 Å². The van der Waals surface area contributed by atoms with Gasteiger partial charge in [0.15, 0.2) is 0 Å². The standard InChI is InChI=1S/C15H14ClN3/c1-19(10-12-3-2-4-13(16)7-12)15-8-11(9-17)5-6-14(15)18/h2-8H,10,18H2,1H3. The molecule has 0 aromatic heterocycles. The van der Waals surface area contributed by atoms with Crippen molar-refractivity contribution >= 4 is 23.0 Å². The second kappa shape index (κ2) is 5.64. The maximum Gasteiger partial charge on any atom is 0.0992 e. The second-order valence-corrected chi connectivity index (χ2v) is 4.81. The SMILES string of the molecule is CN(Cc1cccc(Cl)c1)c1cc(C#N)ccc1N. The van der Waals surface area contributed by atoms with Gasteiger partial charge in [0.05, 0.1) is 23.0 Å². The summed E-state index contributed by atoms with van der Waals surface area (Å²) in [5.74, 6) is 0. The Balaban J connectivity index is 2.25. The molecule has 96 valence electrons. The van der Waals surface area contributed by atoms with Gasteiger partial charge in [0, 0.05) is 18.6 Å². The Bertz CT molecular complexity index is 632. The van der Waals surface area contributed by atoms with E-state index in [2.05, 4.69) is 6.07 Å². The van der Waals surface area contributed by atoms with Crippen molar-refractivity contribution in [3.05, 3.63) is 58.6 Å². The molecule has 0 atom stereocenters. The van der Waals surface area contributed by atoms with Gasteiger partial charge >= 0.3 is 0 Å². The quantitative estimate of drug-likeness (QED) is 0.870. The number of nitrogens with zero attached hydrogens (tertiary/aromatic N) is 2. The van der Waals surface area contributed by atoms with Crippen LogP contribution >= 0.6 is 11.6 Å². The zero-order valence-corrected chi connectivity index (χ0v) is 11.4. The first kappa shape index (κ1) is 13.3. The Hall–Kier alpha value is -2.18. The minimum absolute atomic E-state index is 0.599. The molecule has 0 bridgehead atoms. The van der Waals surface area contributed by atoms with E-state index >= 15 is 0 Å². The van der Waals surface area contributed by atoms with Crippen LogP contribution in [0.15, 0.2) is 42.5 Å². The summed E-state index contributed by atoms with van der Waals surface area (Å²) in [6.45, 7) is 0.680. The summed E-state index contributed by atoms with van der Waals surface area (Å²) in [5, 5.41) is 9.65. The summed E-state index contributed by atoms with van der Waals surface area (Å²) >= 11 is 5.97. The van der Waals surface area contributed by atoms with Crippen LogP contribution in [-0.4, -0.2) is 7.05 Å². The average Bonchev–Trinajstić information content (AvgIpc) is 2.39. The fourth-order valence-electron chi connectivity index (χ4n) is 1.94. The summed E-state index contributed by atoms with van der Waals surface area (Å²) in [4.78, 5) is 2.00. The maximum atomic E-state index is 8.93. The highest BCUT2D eigenvalue weighted by Crippen LogP contribution is 2.25. The Morgan fingerprint density at radius 1 is 1.26 bits per heavy atom. The molecule has 2 aromatic carbocycles. The molecule has 2 rings (SSSR count). The van der Waals surface area contributed by atoms with Crippen LogP contribution in [-0.2, 0) is 6.54 Å². The van der Waals surface area contributed by atoms with Crippen LogP contribution in [0.2, 0.25) is 5.02 Å². The molecule has 4 heteroatoms. The number of nitrogens with two attached hydrogens (primary N) is 1. The van der Waals surface area contributed by atoms with Gasteiger partial charge in [-0.1, -0.05) is 23.7 Å². The minimum atomic E-state index is 0.599. The topological polar surface area (TPSA) is 53.0 Å². The van der Waals surface area contributed by atoms with Gasteiger partial charge in [-0.2, -0.15) is 5.26 Å². The van der Waals surface area contributed by atoms with Gasteiger partial charge in [-0.3, -0.25) is 0 Å². The molecule has 0 amide bonds. The highest BCUT2D eigenvalue weighted by Gasteiger charge is 2.07. The Kier molecular flexibility index (Phi) is 3.94. The van der Waals surface area contributed by atoms with Crippen LogP contribution in [0.5, 0.6) is 0 Å². The van der Waals surface area contributed by atoms with Crippen molar-refractivity contribution in [1.29, 1.82) is 5.26 Å². The predicted octanol–water partition coefficient (Wildman–Crippen LogP) is 3.43. The zero-order chi connectivity index (χ0) is 13.8. The number of hydrogen-bond acceptors (Lipinski definition) is 3. The normalized spacial score (nSPS) is 9.95. The number of halogens is 1. The van der Waals surface area contributed by atoms with Gasteiger partial charge in [0.25, 0.3) is 0 Å². The van der Waals surface area contributed by atoms with E-state index in [4.69, 9.17) is 22.6 Å². The summed E-state index contributed by atoms with van der Waals surface area (Å²) in [6, 6.07) is 15.1. The lowest BCUT2D eigenvalue weighted by Crippen LogP contribution is -2.17. The molecule has 0 radical (unpaired) electrons. The highest BCUT2D eigenvalue weighted by molar-refractivity contribution is 6.30. The van der Waals surface area contributed by atoms with E-state index in [0.717, 1.165) is 11.3 Å². The summed E-state index contributed by atoms with van der Waals surface area (Å²) in [5.41, 5.74) is 9.15. The summed E-state index contributed by atoms with van der Waals surface area (Å²) in [6.07, 6.45) is 0. The van der Waals surface area contributed by atoms with E-state index in [9.17, 15) is 0 Å². The molecule has 0 heterocycles. The van der Waals surface area contributed by atoms with Crippen LogP contribution in [0, 0.1) is 11.3 Å². The predicted molar refractivity (Wildman–Crippen MR) is 79.1 cm³/mol. The van der Waals surface area contributed by atoms with Crippen molar-refractivity contribution in [2.24, 2.45) is 0 Å². The molecule has 2 N–H and O–H groups in total. The smallest absolute Gasteiger partial charge is 0.0992 e. The third-order valence-corrected chi connectivity index (χ3v) is 3.11. The number of nitriles is 1. The lowest BCUT2D eigenvalue weighted by Gasteiger charge is -2.21. The van der Waals surface area contributed by atoms with Crippen LogP contribution < -0.4 is 10.6 Å². The van der Waals surface area contributed by atoms with Crippen LogP contribution in [0.1, 0.15) is 11.1 Å². The van der Waals surface area contributed by atoms with Crippen molar-refractivity contribution in [2.75, 3.05) is 17.7 Å². The number of benzene rings is 2. The minimum Gasteiger partial charge on any atom is -0.397 e. The van der Waals surface area contributed by atoms with Crippen molar-refractivity contribution in [3.63, 3.8) is 0 Å². The Labute approximate surface area is 117 Å². The van der Waals surface area contributed by atoms with Crippen LogP contribution in [0.3, 0.4) is 0 Å². The molecule has 0 aliphatic rings. The number of nitrogen functional groups attached to an aromatic ring is 1. The van der Waals surface area contributed by atoms with E-state index in [-0.39, 0.29) is 0 Å². The van der Waals surface area contributed by atoms with E-state index in [1.54, 1.807) is 18.2 Å². The number of rotatable bonds is 3. The Morgan fingerprint density at radius 2 is 2.05 bits per heavy atom. The molecular weight excluding hydrogens is 258 g/mol. The average molecular weight is 272 g/mol. The first-order valence-corrected chi connectivity index (χ1v) is 6.23. The van der Waals surface area contributed by atoms with Crippen LogP contribution in [0.25, 0.3) is 0 Å². The van der Waals surface area contributed by atoms with Gasteiger partial charge in [-0.25, -0.2) is 0 Å². The summed E-state index contributed by atoms with van der Waals surface area (Å²) in [7, 11) is 1.94. The molecule has 0 saturated carbocycles.